The van der Waals surface area contributed by atoms with Crippen molar-refractivity contribution < 1.29 is 0 Å². The Kier molecular flexibility index (Phi) is 3.36. The zero-order valence-corrected chi connectivity index (χ0v) is 19.8. The molecule has 0 saturated carbocycles. The zero-order valence-electron chi connectivity index (χ0n) is 19.8. The molecule has 0 radical (unpaired) electrons. The molecule has 0 heterocycles. The Morgan fingerprint density at radius 3 is 1.78 bits per heavy atom. The Labute approximate surface area is 210 Å². The fraction of sp³-hybridized carbons (Fsp3) is 0.0556. The predicted octanol–water partition coefficient (Wildman–Crippen LogP) is 8.75. The maximum Gasteiger partial charge on any atom is 0.0725 e. The van der Waals surface area contributed by atoms with Crippen LogP contribution < -0.4 is 0 Å². The van der Waals surface area contributed by atoms with Crippen LogP contribution in [0.3, 0.4) is 0 Å². The van der Waals surface area contributed by atoms with Gasteiger partial charge in [-0.25, -0.2) is 0 Å². The van der Waals surface area contributed by atoms with Gasteiger partial charge in [-0.15, -0.1) is 0 Å². The summed E-state index contributed by atoms with van der Waals surface area (Å²) in [5.41, 5.74) is 16.7. The van der Waals surface area contributed by atoms with E-state index >= 15 is 0 Å². The third-order valence-corrected chi connectivity index (χ3v) is 8.93. The average molecular weight is 455 g/mol. The fourth-order valence-corrected chi connectivity index (χ4v) is 7.63. The van der Waals surface area contributed by atoms with Crippen molar-refractivity contribution in [2.45, 2.75) is 11.8 Å². The second-order valence-electron chi connectivity index (χ2n) is 10.4. The molecule has 1 spiro atoms. The second-order valence-corrected chi connectivity index (χ2v) is 10.4. The highest BCUT2D eigenvalue weighted by molar-refractivity contribution is 6.05. The van der Waals surface area contributed by atoms with Crippen molar-refractivity contribution in [2.24, 2.45) is 0 Å². The first kappa shape index (κ1) is 18.9. The van der Waals surface area contributed by atoms with E-state index in [1.165, 1.54) is 77.5 Å². The first-order chi connectivity index (χ1) is 17.9. The molecule has 3 aliphatic carbocycles. The minimum Gasteiger partial charge on any atom is -0.0619 e. The third kappa shape index (κ3) is 2.01. The first-order valence-corrected chi connectivity index (χ1v) is 12.8. The molecule has 0 fully saturated rings. The van der Waals surface area contributed by atoms with E-state index in [1.54, 1.807) is 0 Å². The zero-order chi connectivity index (χ0) is 23.4. The van der Waals surface area contributed by atoms with Gasteiger partial charge in [0.15, 0.2) is 0 Å². The highest BCUT2D eigenvalue weighted by Gasteiger charge is 2.52. The summed E-state index contributed by atoms with van der Waals surface area (Å²) in [6.07, 6.45) is 1.00. The minimum absolute atomic E-state index is 0.270. The van der Waals surface area contributed by atoms with Crippen LogP contribution in [0.5, 0.6) is 0 Å². The van der Waals surface area contributed by atoms with E-state index in [1.807, 2.05) is 0 Å². The van der Waals surface area contributed by atoms with Gasteiger partial charge in [0.2, 0.25) is 0 Å². The summed E-state index contributed by atoms with van der Waals surface area (Å²) in [7, 11) is 0. The third-order valence-electron chi connectivity index (χ3n) is 8.93. The maximum atomic E-state index is 2.45. The summed E-state index contributed by atoms with van der Waals surface area (Å²) in [4.78, 5) is 0. The molecule has 0 aromatic heterocycles. The molecule has 6 aromatic rings. The topological polar surface area (TPSA) is 0 Å². The van der Waals surface area contributed by atoms with E-state index in [0.717, 1.165) is 6.42 Å². The van der Waals surface area contributed by atoms with Crippen molar-refractivity contribution in [2.75, 3.05) is 0 Å². The number of hydrogen-bond donors (Lipinski definition) is 0. The molecular formula is C36H22. The lowest BCUT2D eigenvalue weighted by Crippen LogP contribution is -2.25. The molecule has 0 atom stereocenters. The van der Waals surface area contributed by atoms with Crippen molar-refractivity contribution in [1.29, 1.82) is 0 Å². The molecule has 0 N–H and O–H groups in total. The van der Waals surface area contributed by atoms with Gasteiger partial charge in [0.25, 0.3) is 0 Å². The van der Waals surface area contributed by atoms with Crippen molar-refractivity contribution >= 4 is 10.8 Å². The molecule has 9 rings (SSSR count). The number of hydrogen-bond acceptors (Lipinski definition) is 0. The summed E-state index contributed by atoms with van der Waals surface area (Å²) in [6.45, 7) is 0. The number of benzene rings is 6. The van der Waals surface area contributed by atoms with Gasteiger partial charge in [0, 0.05) is 0 Å². The molecule has 0 nitrogen and oxygen atoms in total. The van der Waals surface area contributed by atoms with Gasteiger partial charge in [-0.05, 0) is 84.0 Å². The molecule has 6 aromatic carbocycles. The SMILES string of the molecule is c1ccc2c(c1)-c1ccccc1C21c2ccccc2-c2c1ccc1c2-c2ccc3ccccc3c2C1. The Bertz CT molecular complexity index is 1870. The van der Waals surface area contributed by atoms with Gasteiger partial charge in [-0.1, -0.05) is 121 Å². The second kappa shape index (κ2) is 6.42. The van der Waals surface area contributed by atoms with E-state index < -0.39 is 0 Å². The molecule has 0 aliphatic heterocycles. The summed E-state index contributed by atoms with van der Waals surface area (Å²) < 4.78 is 0. The molecule has 0 unspecified atom stereocenters. The molecular weight excluding hydrogens is 432 g/mol. The van der Waals surface area contributed by atoms with Crippen LogP contribution in [0.2, 0.25) is 0 Å². The van der Waals surface area contributed by atoms with Gasteiger partial charge in [0.1, 0.15) is 0 Å². The van der Waals surface area contributed by atoms with Crippen molar-refractivity contribution in [1.82, 2.24) is 0 Å². The van der Waals surface area contributed by atoms with Gasteiger partial charge < -0.3 is 0 Å². The minimum atomic E-state index is -0.270. The van der Waals surface area contributed by atoms with Crippen molar-refractivity contribution in [3.8, 4) is 33.4 Å². The van der Waals surface area contributed by atoms with E-state index in [-0.39, 0.29) is 5.41 Å². The van der Waals surface area contributed by atoms with E-state index in [4.69, 9.17) is 0 Å². The van der Waals surface area contributed by atoms with Crippen LogP contribution in [0.15, 0.2) is 121 Å². The van der Waals surface area contributed by atoms with Crippen molar-refractivity contribution in [3.05, 3.63) is 155 Å². The fourth-order valence-electron chi connectivity index (χ4n) is 7.63. The quantitative estimate of drug-likeness (QED) is 0.215. The molecule has 3 aliphatic rings. The van der Waals surface area contributed by atoms with E-state index in [9.17, 15) is 0 Å². The van der Waals surface area contributed by atoms with E-state index in [2.05, 4.69) is 121 Å². The summed E-state index contributed by atoms with van der Waals surface area (Å²) in [5.74, 6) is 0. The van der Waals surface area contributed by atoms with Crippen LogP contribution in [0, 0.1) is 0 Å². The average Bonchev–Trinajstić information content (AvgIpc) is 3.57. The summed E-state index contributed by atoms with van der Waals surface area (Å²) in [6, 6.07) is 45.6. The first-order valence-electron chi connectivity index (χ1n) is 12.8. The smallest absolute Gasteiger partial charge is 0.0619 e. The summed E-state index contributed by atoms with van der Waals surface area (Å²) in [5, 5.41) is 2.72. The van der Waals surface area contributed by atoms with Gasteiger partial charge in [0.05, 0.1) is 5.41 Å². The molecule has 0 bridgehead atoms. The standard InChI is InChI=1S/C36H22/c1-2-10-24-22(9-1)17-19-27-29(24)21-23-18-20-33-35(34(23)27)28-13-5-8-16-32(28)36(33)30-14-6-3-11-25(30)26-12-4-7-15-31(26)36/h1-20H,21H2. The predicted molar refractivity (Wildman–Crippen MR) is 148 cm³/mol. The molecule has 0 amide bonds. The van der Waals surface area contributed by atoms with Crippen LogP contribution in [-0.4, -0.2) is 0 Å². The maximum absolute atomic E-state index is 2.45. The van der Waals surface area contributed by atoms with E-state index in [0.29, 0.717) is 0 Å². The lowest BCUT2D eigenvalue weighted by molar-refractivity contribution is 0.793. The Hall–Kier alpha value is -4.42. The number of rotatable bonds is 0. The van der Waals surface area contributed by atoms with Crippen LogP contribution in [0.1, 0.15) is 33.4 Å². The molecule has 36 heavy (non-hydrogen) atoms. The van der Waals surface area contributed by atoms with Crippen molar-refractivity contribution in [3.63, 3.8) is 0 Å². The van der Waals surface area contributed by atoms with Gasteiger partial charge in [-0.3, -0.25) is 0 Å². The monoisotopic (exact) mass is 454 g/mol. The Morgan fingerprint density at radius 1 is 0.417 bits per heavy atom. The highest BCUT2D eigenvalue weighted by atomic mass is 14.5. The van der Waals surface area contributed by atoms with Crippen LogP contribution in [0.25, 0.3) is 44.2 Å². The highest BCUT2D eigenvalue weighted by Crippen LogP contribution is 2.65. The lowest BCUT2D eigenvalue weighted by Gasteiger charge is -2.30. The summed E-state index contributed by atoms with van der Waals surface area (Å²) >= 11 is 0. The van der Waals surface area contributed by atoms with Crippen LogP contribution in [0.4, 0.5) is 0 Å². The lowest BCUT2D eigenvalue weighted by atomic mass is 9.70. The molecule has 0 saturated heterocycles. The Balaban J connectivity index is 1.46. The molecule has 0 heteroatoms. The normalized spacial score (nSPS) is 14.8. The largest absolute Gasteiger partial charge is 0.0725 e. The van der Waals surface area contributed by atoms with Crippen LogP contribution >= 0.6 is 0 Å². The Morgan fingerprint density at radius 2 is 1.03 bits per heavy atom. The molecule has 166 valence electrons. The van der Waals surface area contributed by atoms with Crippen LogP contribution in [-0.2, 0) is 11.8 Å². The number of fused-ring (bicyclic) bond motifs is 16. The van der Waals surface area contributed by atoms with Gasteiger partial charge in [-0.2, -0.15) is 0 Å². The van der Waals surface area contributed by atoms with Gasteiger partial charge >= 0.3 is 0 Å².